The molecule has 1 aromatic carbocycles. The van der Waals surface area contributed by atoms with E-state index in [0.29, 0.717) is 6.61 Å². The fourth-order valence-electron chi connectivity index (χ4n) is 2.99. The Morgan fingerprint density at radius 3 is 2.75 bits per heavy atom. The van der Waals surface area contributed by atoms with E-state index in [4.69, 9.17) is 4.74 Å². The second-order valence-corrected chi connectivity index (χ2v) is 5.32. The number of aliphatic carboxylic acids is 1. The fraction of sp³-hybridized carbons (Fsp3) is 0.562. The lowest BCUT2D eigenvalue weighted by molar-refractivity contribution is -0.145. The van der Waals surface area contributed by atoms with Crippen LogP contribution in [-0.2, 0) is 9.53 Å². The molecular weight excluding hydrogens is 254 g/mol. The summed E-state index contributed by atoms with van der Waals surface area (Å²) in [5, 5.41) is 9.52. The van der Waals surface area contributed by atoms with Gasteiger partial charge in [0.2, 0.25) is 0 Å². The summed E-state index contributed by atoms with van der Waals surface area (Å²) in [6.45, 7) is 1.34. The van der Waals surface area contributed by atoms with Crippen molar-refractivity contribution in [2.75, 3.05) is 20.3 Å². The highest BCUT2D eigenvalue weighted by atomic mass is 16.5. The summed E-state index contributed by atoms with van der Waals surface area (Å²) in [6, 6.07) is 9.67. The normalized spacial score (nSPS) is 22.1. The van der Waals surface area contributed by atoms with Crippen LogP contribution in [0.3, 0.4) is 0 Å². The lowest BCUT2D eigenvalue weighted by Gasteiger charge is -2.34. The molecule has 2 atom stereocenters. The van der Waals surface area contributed by atoms with Crippen molar-refractivity contribution in [3.63, 3.8) is 0 Å². The number of ether oxygens (including phenoxy) is 1. The molecule has 4 heteroatoms. The van der Waals surface area contributed by atoms with Gasteiger partial charge in [0.1, 0.15) is 6.04 Å². The van der Waals surface area contributed by atoms with E-state index in [1.54, 1.807) is 7.11 Å². The third-order valence-corrected chi connectivity index (χ3v) is 3.99. The number of carboxylic acids is 1. The van der Waals surface area contributed by atoms with Crippen molar-refractivity contribution in [3.8, 4) is 0 Å². The van der Waals surface area contributed by atoms with Gasteiger partial charge in [-0.25, -0.2) is 0 Å². The van der Waals surface area contributed by atoms with Crippen LogP contribution in [0.2, 0.25) is 0 Å². The van der Waals surface area contributed by atoms with Crippen LogP contribution in [0.25, 0.3) is 0 Å². The molecule has 1 heterocycles. The van der Waals surface area contributed by atoms with Crippen molar-refractivity contribution < 1.29 is 14.6 Å². The maximum absolute atomic E-state index is 11.6. The molecule has 1 aliphatic rings. The molecule has 4 nitrogen and oxygen atoms in total. The Balaban J connectivity index is 2.27. The Morgan fingerprint density at radius 2 is 2.10 bits per heavy atom. The molecule has 0 saturated carbocycles. The summed E-state index contributed by atoms with van der Waals surface area (Å²) in [5.74, 6) is -0.719. The van der Waals surface area contributed by atoms with E-state index in [9.17, 15) is 9.90 Å². The summed E-state index contributed by atoms with van der Waals surface area (Å²) in [6.07, 6.45) is 3.87. The Kier molecular flexibility index (Phi) is 5.56. The Morgan fingerprint density at radius 1 is 1.35 bits per heavy atom. The number of benzene rings is 1. The number of rotatable bonds is 5. The molecule has 0 bridgehead atoms. The molecule has 1 fully saturated rings. The molecule has 1 aromatic rings. The third kappa shape index (κ3) is 3.58. The van der Waals surface area contributed by atoms with Crippen molar-refractivity contribution in [1.29, 1.82) is 0 Å². The molecule has 0 aromatic heterocycles. The highest BCUT2D eigenvalue weighted by molar-refractivity contribution is 5.73. The molecule has 2 unspecified atom stereocenters. The topological polar surface area (TPSA) is 49.8 Å². The van der Waals surface area contributed by atoms with Crippen molar-refractivity contribution >= 4 is 5.97 Å². The molecular formula is C16H23NO3. The van der Waals surface area contributed by atoms with Crippen molar-refractivity contribution in [3.05, 3.63) is 35.9 Å². The van der Waals surface area contributed by atoms with Gasteiger partial charge in [0.15, 0.2) is 0 Å². The Hall–Kier alpha value is -1.39. The molecule has 0 aliphatic carbocycles. The van der Waals surface area contributed by atoms with E-state index in [1.807, 2.05) is 30.3 Å². The summed E-state index contributed by atoms with van der Waals surface area (Å²) in [7, 11) is 1.67. The van der Waals surface area contributed by atoms with E-state index < -0.39 is 12.0 Å². The summed E-state index contributed by atoms with van der Waals surface area (Å²) < 4.78 is 5.35. The zero-order valence-corrected chi connectivity index (χ0v) is 12.0. The SMILES string of the molecule is COCC(c1ccccc1)N1CCCCCC1C(=O)O. The molecule has 0 radical (unpaired) electrons. The van der Waals surface area contributed by atoms with Crippen LogP contribution in [-0.4, -0.2) is 42.3 Å². The molecule has 1 aliphatic heterocycles. The predicted octanol–water partition coefficient (Wildman–Crippen LogP) is 2.70. The number of methoxy groups -OCH3 is 1. The van der Waals surface area contributed by atoms with Crippen LogP contribution < -0.4 is 0 Å². The third-order valence-electron chi connectivity index (χ3n) is 3.99. The van der Waals surface area contributed by atoms with Gasteiger partial charge in [0, 0.05) is 7.11 Å². The first-order chi connectivity index (χ1) is 9.74. The molecule has 0 spiro atoms. The minimum atomic E-state index is -0.719. The first kappa shape index (κ1) is 15.0. The largest absolute Gasteiger partial charge is 0.480 e. The second kappa shape index (κ2) is 7.41. The predicted molar refractivity (Wildman–Crippen MR) is 77.7 cm³/mol. The van der Waals surface area contributed by atoms with E-state index in [0.717, 1.165) is 37.8 Å². The number of hydrogen-bond acceptors (Lipinski definition) is 3. The van der Waals surface area contributed by atoms with Crippen molar-refractivity contribution in [2.24, 2.45) is 0 Å². The van der Waals surface area contributed by atoms with Gasteiger partial charge < -0.3 is 9.84 Å². The smallest absolute Gasteiger partial charge is 0.320 e. The standard InChI is InChI=1S/C16H23NO3/c1-20-12-15(13-8-4-2-5-9-13)17-11-7-3-6-10-14(17)16(18)19/h2,4-5,8-9,14-15H,3,6-7,10-12H2,1H3,(H,18,19). The maximum atomic E-state index is 11.6. The van der Waals surface area contributed by atoms with Crippen molar-refractivity contribution in [1.82, 2.24) is 4.90 Å². The number of carbonyl (C=O) groups is 1. The lowest BCUT2D eigenvalue weighted by Crippen LogP contribution is -2.44. The summed E-state index contributed by atoms with van der Waals surface area (Å²) in [4.78, 5) is 13.7. The highest BCUT2D eigenvalue weighted by Gasteiger charge is 2.33. The average Bonchev–Trinajstić information content (AvgIpc) is 2.71. The summed E-state index contributed by atoms with van der Waals surface area (Å²) in [5.41, 5.74) is 1.13. The van der Waals surface area contributed by atoms with Gasteiger partial charge in [-0.05, 0) is 24.9 Å². The number of likely N-dealkylation sites (tertiary alicyclic amines) is 1. The van der Waals surface area contributed by atoms with Gasteiger partial charge in [-0.1, -0.05) is 43.2 Å². The quantitative estimate of drug-likeness (QED) is 0.899. The molecule has 1 N–H and O–H groups in total. The zero-order chi connectivity index (χ0) is 14.4. The summed E-state index contributed by atoms with van der Waals surface area (Å²) >= 11 is 0. The molecule has 110 valence electrons. The zero-order valence-electron chi connectivity index (χ0n) is 12.0. The molecule has 20 heavy (non-hydrogen) atoms. The average molecular weight is 277 g/mol. The van der Waals surface area contributed by atoms with Crippen LogP contribution in [0.15, 0.2) is 30.3 Å². The first-order valence-electron chi connectivity index (χ1n) is 7.26. The van der Waals surface area contributed by atoms with Crippen LogP contribution in [0.4, 0.5) is 0 Å². The van der Waals surface area contributed by atoms with Crippen LogP contribution in [0.5, 0.6) is 0 Å². The van der Waals surface area contributed by atoms with Gasteiger partial charge in [0.25, 0.3) is 0 Å². The van der Waals surface area contributed by atoms with E-state index >= 15 is 0 Å². The van der Waals surface area contributed by atoms with Crippen molar-refractivity contribution in [2.45, 2.75) is 37.8 Å². The van der Waals surface area contributed by atoms with E-state index in [1.165, 1.54) is 0 Å². The van der Waals surface area contributed by atoms with E-state index in [2.05, 4.69) is 4.90 Å². The number of carboxylic acid groups (broad SMARTS) is 1. The Labute approximate surface area is 120 Å². The van der Waals surface area contributed by atoms with Crippen LogP contribution >= 0.6 is 0 Å². The van der Waals surface area contributed by atoms with Crippen LogP contribution in [0.1, 0.15) is 37.3 Å². The minimum Gasteiger partial charge on any atom is -0.480 e. The lowest BCUT2D eigenvalue weighted by atomic mass is 10.0. The van der Waals surface area contributed by atoms with Gasteiger partial charge >= 0.3 is 5.97 Å². The van der Waals surface area contributed by atoms with Gasteiger partial charge in [0.05, 0.1) is 12.6 Å². The van der Waals surface area contributed by atoms with Gasteiger partial charge in [-0.3, -0.25) is 9.69 Å². The minimum absolute atomic E-state index is 0.0143. The second-order valence-electron chi connectivity index (χ2n) is 5.32. The highest BCUT2D eigenvalue weighted by Crippen LogP contribution is 2.28. The fourth-order valence-corrected chi connectivity index (χ4v) is 2.99. The monoisotopic (exact) mass is 277 g/mol. The molecule has 1 saturated heterocycles. The van der Waals surface area contributed by atoms with Crippen LogP contribution in [0, 0.1) is 0 Å². The first-order valence-corrected chi connectivity index (χ1v) is 7.26. The maximum Gasteiger partial charge on any atom is 0.320 e. The number of hydrogen-bond donors (Lipinski definition) is 1. The molecule has 0 amide bonds. The van der Waals surface area contributed by atoms with E-state index in [-0.39, 0.29) is 6.04 Å². The van der Waals surface area contributed by atoms with Gasteiger partial charge in [-0.2, -0.15) is 0 Å². The Bertz CT molecular complexity index is 421. The number of nitrogens with zero attached hydrogens (tertiary/aromatic N) is 1. The molecule has 2 rings (SSSR count). The van der Waals surface area contributed by atoms with Gasteiger partial charge in [-0.15, -0.1) is 0 Å².